The van der Waals surface area contributed by atoms with Crippen LogP contribution in [0.1, 0.15) is 24.8 Å². The molecule has 1 aromatic heterocycles. The fourth-order valence-corrected chi connectivity index (χ4v) is 4.20. The Morgan fingerprint density at radius 3 is 2.57 bits per heavy atom. The second-order valence-electron chi connectivity index (χ2n) is 7.44. The zero-order chi connectivity index (χ0) is 19.5. The molecule has 4 rings (SSSR count). The van der Waals surface area contributed by atoms with Gasteiger partial charge in [-0.25, -0.2) is 4.79 Å². The van der Waals surface area contributed by atoms with E-state index in [4.69, 9.17) is 14.2 Å². The lowest BCUT2D eigenvalue weighted by Gasteiger charge is -2.24. The fourth-order valence-electron chi connectivity index (χ4n) is 4.20. The van der Waals surface area contributed by atoms with Crippen molar-refractivity contribution in [2.45, 2.75) is 32.2 Å². The zero-order valence-corrected chi connectivity index (χ0v) is 16.6. The number of nitrogens with zero attached hydrogens (tertiary/aromatic N) is 2. The van der Waals surface area contributed by atoms with E-state index in [9.17, 15) is 4.79 Å². The minimum atomic E-state index is -0.266. The van der Waals surface area contributed by atoms with E-state index in [1.54, 1.807) is 23.7 Å². The number of fused-ring (bicyclic) bond motifs is 3. The summed E-state index contributed by atoms with van der Waals surface area (Å²) in [6.45, 7) is 4.53. The van der Waals surface area contributed by atoms with Gasteiger partial charge in [-0.3, -0.25) is 4.57 Å². The molecule has 0 unspecified atom stereocenters. The minimum absolute atomic E-state index is 0.266. The molecule has 3 heterocycles. The molecule has 7 nitrogen and oxygen atoms in total. The predicted molar refractivity (Wildman–Crippen MR) is 106 cm³/mol. The first-order chi connectivity index (χ1) is 13.7. The third-order valence-corrected chi connectivity index (χ3v) is 5.74. The molecule has 0 saturated carbocycles. The molecule has 1 N–H and O–H groups in total. The van der Waals surface area contributed by atoms with Crippen molar-refractivity contribution in [3.63, 3.8) is 0 Å². The topological polar surface area (TPSA) is 67.0 Å². The molecule has 0 radical (unpaired) electrons. The maximum absolute atomic E-state index is 12.5. The normalized spacial score (nSPS) is 16.2. The van der Waals surface area contributed by atoms with Crippen LogP contribution >= 0.6 is 0 Å². The fraction of sp³-hybridized carbons (Fsp3) is 0.524. The van der Waals surface area contributed by atoms with Crippen LogP contribution in [0.15, 0.2) is 23.0 Å². The largest absolute Gasteiger partial charge is 0.493 e. The van der Waals surface area contributed by atoms with Crippen molar-refractivity contribution >= 4 is 0 Å². The van der Waals surface area contributed by atoms with Crippen molar-refractivity contribution < 1.29 is 19.1 Å². The lowest BCUT2D eigenvalue weighted by molar-refractivity contribution is -0.904. The Labute approximate surface area is 164 Å². The monoisotopic (exact) mass is 386 g/mol. The predicted octanol–water partition coefficient (Wildman–Crippen LogP) is 0.931. The second-order valence-corrected chi connectivity index (χ2v) is 7.44. The quantitative estimate of drug-likeness (QED) is 0.800. The van der Waals surface area contributed by atoms with E-state index in [1.807, 2.05) is 18.2 Å². The minimum Gasteiger partial charge on any atom is -0.493 e. The molecule has 0 aliphatic carbocycles. The molecule has 0 spiro atoms. The van der Waals surface area contributed by atoms with Crippen LogP contribution in [-0.2, 0) is 13.0 Å². The van der Waals surface area contributed by atoms with Crippen molar-refractivity contribution in [3.8, 4) is 28.6 Å². The smallest absolute Gasteiger partial charge is 0.351 e. The van der Waals surface area contributed by atoms with Crippen LogP contribution in [0.5, 0.6) is 17.4 Å². The molecule has 150 valence electrons. The highest BCUT2D eigenvalue weighted by Gasteiger charge is 2.22. The number of hydrogen-bond donors (Lipinski definition) is 1. The molecule has 1 aromatic carbocycles. The Kier molecular flexibility index (Phi) is 5.52. The van der Waals surface area contributed by atoms with E-state index in [0.717, 1.165) is 29.8 Å². The van der Waals surface area contributed by atoms with Crippen LogP contribution in [0.4, 0.5) is 0 Å². The SMILES string of the molecule is COc1cc2c(cc1OC)-c1cc(OCC[NH+]3CCCCC3)nc(=O)n1CC2. The number of hydrogen-bond acceptors (Lipinski definition) is 5. The highest BCUT2D eigenvalue weighted by molar-refractivity contribution is 5.70. The molecule has 1 fully saturated rings. The second kappa shape index (κ2) is 8.22. The first-order valence-corrected chi connectivity index (χ1v) is 10.0. The molecular formula is C21H28N3O4+. The van der Waals surface area contributed by atoms with E-state index in [-0.39, 0.29) is 5.69 Å². The summed E-state index contributed by atoms with van der Waals surface area (Å²) in [6, 6.07) is 5.79. The summed E-state index contributed by atoms with van der Waals surface area (Å²) in [5, 5.41) is 0. The molecule has 0 atom stereocenters. The highest BCUT2D eigenvalue weighted by atomic mass is 16.5. The number of methoxy groups -OCH3 is 2. The van der Waals surface area contributed by atoms with Gasteiger partial charge < -0.3 is 19.1 Å². The molecule has 7 heteroatoms. The van der Waals surface area contributed by atoms with E-state index >= 15 is 0 Å². The third kappa shape index (κ3) is 3.71. The summed E-state index contributed by atoms with van der Waals surface area (Å²) in [4.78, 5) is 18.3. The van der Waals surface area contributed by atoms with E-state index in [2.05, 4.69) is 4.98 Å². The van der Waals surface area contributed by atoms with Gasteiger partial charge in [-0.15, -0.1) is 0 Å². The molecule has 0 amide bonds. The first kappa shape index (κ1) is 18.8. The Bertz CT molecular complexity index is 903. The summed E-state index contributed by atoms with van der Waals surface area (Å²) < 4.78 is 18.4. The molecule has 0 bridgehead atoms. The zero-order valence-electron chi connectivity index (χ0n) is 16.6. The highest BCUT2D eigenvalue weighted by Crippen LogP contribution is 2.38. The van der Waals surface area contributed by atoms with Crippen molar-refractivity contribution in [2.24, 2.45) is 0 Å². The van der Waals surface area contributed by atoms with E-state index in [0.29, 0.717) is 30.5 Å². The van der Waals surface area contributed by atoms with Crippen molar-refractivity contribution in [2.75, 3.05) is 40.5 Å². The molecule has 2 aliphatic rings. The van der Waals surface area contributed by atoms with Crippen LogP contribution in [0, 0.1) is 0 Å². The summed E-state index contributed by atoms with van der Waals surface area (Å²) >= 11 is 0. The number of quaternary nitrogens is 1. The maximum Gasteiger partial charge on any atom is 0.351 e. The summed E-state index contributed by atoms with van der Waals surface area (Å²) in [7, 11) is 3.25. The molecule has 1 saturated heterocycles. The van der Waals surface area contributed by atoms with E-state index in [1.165, 1.54) is 32.4 Å². The number of nitrogens with one attached hydrogen (secondary N) is 1. The van der Waals surface area contributed by atoms with Gasteiger partial charge in [0.25, 0.3) is 0 Å². The lowest BCUT2D eigenvalue weighted by Crippen LogP contribution is -3.13. The number of piperidine rings is 1. The van der Waals surface area contributed by atoms with Gasteiger partial charge in [0.2, 0.25) is 5.88 Å². The standard InChI is InChI=1S/C21H27N3O4/c1-26-18-12-15-6-9-24-17(16(15)13-19(18)27-2)14-20(22-21(24)25)28-11-10-23-7-4-3-5-8-23/h12-14H,3-11H2,1-2H3/p+1. The molecule has 2 aromatic rings. The molecule has 2 aliphatic heterocycles. The number of likely N-dealkylation sites (tertiary alicyclic amines) is 1. The van der Waals surface area contributed by atoms with E-state index < -0.39 is 0 Å². The van der Waals surface area contributed by atoms with Crippen LogP contribution in [0.2, 0.25) is 0 Å². The Hall–Kier alpha value is -2.54. The summed E-state index contributed by atoms with van der Waals surface area (Å²) in [5.74, 6) is 1.75. The van der Waals surface area contributed by atoms with Crippen molar-refractivity contribution in [3.05, 3.63) is 34.2 Å². The van der Waals surface area contributed by atoms with Crippen LogP contribution < -0.4 is 24.8 Å². The van der Waals surface area contributed by atoms with Gasteiger partial charge in [0, 0.05) is 18.2 Å². The molecule has 28 heavy (non-hydrogen) atoms. The number of ether oxygens (including phenoxy) is 3. The van der Waals surface area contributed by atoms with Gasteiger partial charge in [-0.05, 0) is 43.4 Å². The van der Waals surface area contributed by atoms with Gasteiger partial charge >= 0.3 is 5.69 Å². The van der Waals surface area contributed by atoms with Gasteiger partial charge in [0.15, 0.2) is 11.5 Å². The molecular weight excluding hydrogens is 358 g/mol. The summed E-state index contributed by atoms with van der Waals surface area (Å²) in [6.07, 6.45) is 4.66. The van der Waals surface area contributed by atoms with Gasteiger partial charge in [0.05, 0.1) is 33.0 Å². The van der Waals surface area contributed by atoms with Gasteiger partial charge in [0.1, 0.15) is 13.2 Å². The Morgan fingerprint density at radius 2 is 1.82 bits per heavy atom. The van der Waals surface area contributed by atoms with Gasteiger partial charge in [-0.2, -0.15) is 4.98 Å². The van der Waals surface area contributed by atoms with Crippen molar-refractivity contribution in [1.29, 1.82) is 0 Å². The van der Waals surface area contributed by atoms with Crippen LogP contribution in [0.3, 0.4) is 0 Å². The Morgan fingerprint density at radius 1 is 1.07 bits per heavy atom. The number of aryl methyl sites for hydroxylation is 1. The van der Waals surface area contributed by atoms with Crippen molar-refractivity contribution in [1.82, 2.24) is 9.55 Å². The number of rotatable bonds is 6. The number of aromatic nitrogens is 2. The average Bonchev–Trinajstić information content (AvgIpc) is 2.73. The average molecular weight is 386 g/mol. The van der Waals surface area contributed by atoms with Gasteiger partial charge in [-0.1, -0.05) is 0 Å². The summed E-state index contributed by atoms with van der Waals surface area (Å²) in [5.41, 5.74) is 2.66. The Balaban J connectivity index is 1.58. The third-order valence-electron chi connectivity index (χ3n) is 5.74. The maximum atomic E-state index is 12.5. The van der Waals surface area contributed by atoms with Crippen LogP contribution in [-0.4, -0.2) is 50.0 Å². The first-order valence-electron chi connectivity index (χ1n) is 10.0. The van der Waals surface area contributed by atoms with Crippen LogP contribution in [0.25, 0.3) is 11.3 Å². The lowest BCUT2D eigenvalue weighted by atomic mass is 9.97. The number of benzene rings is 1.